The predicted molar refractivity (Wildman–Crippen MR) is 122 cm³/mol. The van der Waals surface area contributed by atoms with E-state index in [0.29, 0.717) is 37.6 Å². The second kappa shape index (κ2) is 7.21. The zero-order valence-corrected chi connectivity index (χ0v) is 19.5. The summed E-state index contributed by atoms with van der Waals surface area (Å²) in [7, 11) is 0. The molecule has 0 radical (unpaired) electrons. The van der Waals surface area contributed by atoms with Gasteiger partial charge in [0.1, 0.15) is 24.1 Å². The fourth-order valence-corrected chi connectivity index (χ4v) is 6.85. The summed E-state index contributed by atoms with van der Waals surface area (Å²) < 4.78 is 41.4. The molecule has 3 saturated heterocycles. The summed E-state index contributed by atoms with van der Waals surface area (Å²) in [6.45, 7) is 7.84. The summed E-state index contributed by atoms with van der Waals surface area (Å²) >= 11 is 5.98. The Morgan fingerprint density at radius 2 is 2.12 bits per heavy atom. The van der Waals surface area contributed by atoms with Crippen LogP contribution in [-0.4, -0.2) is 77.1 Å². The SMILES string of the molecule is C=C1CN2CCC3(CC3)[C@]2(COc2nc(N3CCOC[C@H]4[C@H](F)[C@H]43)c3cnc(Cl)c(F)c3n2)C1. The van der Waals surface area contributed by atoms with Crippen LogP contribution in [-0.2, 0) is 4.74 Å². The second-order valence-corrected chi connectivity index (χ2v) is 10.9. The molecule has 34 heavy (non-hydrogen) atoms. The molecule has 1 spiro atoms. The summed E-state index contributed by atoms with van der Waals surface area (Å²) in [6.07, 6.45) is 4.88. The number of pyridine rings is 1. The van der Waals surface area contributed by atoms with Crippen molar-refractivity contribution < 1.29 is 18.3 Å². The van der Waals surface area contributed by atoms with Gasteiger partial charge in [0.05, 0.1) is 30.2 Å². The van der Waals surface area contributed by atoms with Crippen molar-refractivity contribution in [1.29, 1.82) is 0 Å². The Labute approximate surface area is 201 Å². The minimum absolute atomic E-state index is 0.0375. The van der Waals surface area contributed by atoms with Gasteiger partial charge in [0.2, 0.25) is 0 Å². The highest BCUT2D eigenvalue weighted by molar-refractivity contribution is 6.30. The molecule has 5 aliphatic rings. The number of alkyl halides is 1. The van der Waals surface area contributed by atoms with Crippen LogP contribution in [0.3, 0.4) is 0 Å². The molecule has 0 amide bonds. The van der Waals surface area contributed by atoms with Gasteiger partial charge in [0, 0.05) is 25.2 Å². The number of anilines is 1. The molecule has 2 saturated carbocycles. The van der Waals surface area contributed by atoms with Crippen LogP contribution >= 0.6 is 11.6 Å². The van der Waals surface area contributed by atoms with Crippen LogP contribution in [0.2, 0.25) is 5.15 Å². The van der Waals surface area contributed by atoms with E-state index in [9.17, 15) is 4.39 Å². The molecule has 0 unspecified atom stereocenters. The van der Waals surface area contributed by atoms with Gasteiger partial charge >= 0.3 is 6.01 Å². The molecule has 5 heterocycles. The first kappa shape index (κ1) is 21.2. The summed E-state index contributed by atoms with van der Waals surface area (Å²) in [6, 6.07) is -0.278. The first-order valence-corrected chi connectivity index (χ1v) is 12.3. The molecular formula is C24H26ClF2N5O2. The van der Waals surface area contributed by atoms with Crippen molar-refractivity contribution in [3.8, 4) is 6.01 Å². The Morgan fingerprint density at radius 3 is 2.94 bits per heavy atom. The summed E-state index contributed by atoms with van der Waals surface area (Å²) in [5, 5.41) is 0.127. The lowest BCUT2D eigenvalue weighted by Crippen LogP contribution is -2.49. The van der Waals surface area contributed by atoms with Crippen LogP contribution in [0.25, 0.3) is 10.9 Å². The summed E-state index contributed by atoms with van der Waals surface area (Å²) in [4.78, 5) is 17.4. The highest BCUT2D eigenvalue weighted by Crippen LogP contribution is 2.66. The van der Waals surface area contributed by atoms with Gasteiger partial charge in [-0.3, -0.25) is 4.90 Å². The van der Waals surface area contributed by atoms with E-state index >= 15 is 4.39 Å². The highest BCUT2D eigenvalue weighted by Gasteiger charge is 2.67. The van der Waals surface area contributed by atoms with Gasteiger partial charge < -0.3 is 14.4 Å². The van der Waals surface area contributed by atoms with Crippen molar-refractivity contribution in [2.75, 3.05) is 44.4 Å². The Hall–Kier alpha value is -2.10. The topological polar surface area (TPSA) is 63.6 Å². The van der Waals surface area contributed by atoms with Crippen LogP contribution in [0.5, 0.6) is 6.01 Å². The number of fused-ring (bicyclic) bond motifs is 4. The maximum absolute atomic E-state index is 15.1. The molecule has 2 aromatic rings. The average molecular weight is 490 g/mol. The van der Waals surface area contributed by atoms with Crippen molar-refractivity contribution >= 4 is 28.3 Å². The van der Waals surface area contributed by atoms with Gasteiger partial charge in [0.15, 0.2) is 11.0 Å². The third kappa shape index (κ3) is 2.89. The Morgan fingerprint density at radius 1 is 1.26 bits per heavy atom. The molecule has 0 N–H and O–H groups in total. The fourth-order valence-electron chi connectivity index (χ4n) is 6.72. The Bertz CT molecular complexity index is 1210. The molecule has 7 nitrogen and oxygen atoms in total. The number of hydrogen-bond acceptors (Lipinski definition) is 7. The van der Waals surface area contributed by atoms with Gasteiger partial charge in [-0.2, -0.15) is 9.97 Å². The fraction of sp³-hybridized carbons (Fsp3) is 0.625. The maximum atomic E-state index is 15.1. The number of nitrogens with zero attached hydrogens (tertiary/aromatic N) is 5. The van der Waals surface area contributed by atoms with E-state index in [1.807, 2.05) is 4.90 Å². The molecule has 2 aliphatic carbocycles. The molecule has 180 valence electrons. The van der Waals surface area contributed by atoms with E-state index in [0.717, 1.165) is 25.9 Å². The van der Waals surface area contributed by atoms with Crippen molar-refractivity contribution in [2.24, 2.45) is 11.3 Å². The second-order valence-electron chi connectivity index (χ2n) is 10.5. The van der Waals surface area contributed by atoms with E-state index in [4.69, 9.17) is 21.1 Å². The predicted octanol–water partition coefficient (Wildman–Crippen LogP) is 3.55. The maximum Gasteiger partial charge on any atom is 0.319 e. The van der Waals surface area contributed by atoms with Gasteiger partial charge in [-0.25, -0.2) is 13.8 Å². The first-order chi connectivity index (χ1) is 16.4. The van der Waals surface area contributed by atoms with Crippen LogP contribution in [0.1, 0.15) is 25.7 Å². The molecule has 0 bridgehead atoms. The van der Waals surface area contributed by atoms with Gasteiger partial charge in [-0.1, -0.05) is 23.8 Å². The molecule has 2 aromatic heterocycles. The molecule has 7 rings (SSSR count). The normalized spacial score (nSPS) is 33.8. The standard InChI is InChI=1S/C24H26ClF2N5O2/c1-13-8-24(23(2-3-23)4-5-31(24)10-13)12-34-22-29-18-14(9-28-20(25)17(18)27)21(30-22)32-6-7-33-11-15-16(26)19(15)32/h9,15-16,19H,1-8,10-12H2/t15-,16-,19-,24+/m0/s1. The zero-order valence-electron chi connectivity index (χ0n) is 18.8. The molecule has 10 heteroatoms. The largest absolute Gasteiger partial charge is 0.461 e. The lowest BCUT2D eigenvalue weighted by atomic mass is 9.80. The third-order valence-corrected chi connectivity index (χ3v) is 9.02. The van der Waals surface area contributed by atoms with E-state index < -0.39 is 12.0 Å². The molecule has 4 atom stereocenters. The van der Waals surface area contributed by atoms with E-state index in [2.05, 4.69) is 26.4 Å². The molecule has 5 fully saturated rings. The molecule has 3 aliphatic heterocycles. The van der Waals surface area contributed by atoms with Crippen LogP contribution in [0.4, 0.5) is 14.6 Å². The van der Waals surface area contributed by atoms with Crippen molar-refractivity contribution in [1.82, 2.24) is 19.9 Å². The van der Waals surface area contributed by atoms with Crippen LogP contribution < -0.4 is 9.64 Å². The van der Waals surface area contributed by atoms with Crippen LogP contribution in [0, 0.1) is 17.2 Å². The van der Waals surface area contributed by atoms with Crippen LogP contribution in [0.15, 0.2) is 18.3 Å². The van der Waals surface area contributed by atoms with Gasteiger partial charge in [-0.05, 0) is 37.6 Å². The molecule has 0 aromatic carbocycles. The number of aromatic nitrogens is 3. The third-order valence-electron chi connectivity index (χ3n) is 8.76. The van der Waals surface area contributed by atoms with Crippen molar-refractivity contribution in [3.63, 3.8) is 0 Å². The van der Waals surface area contributed by atoms with E-state index in [1.165, 1.54) is 24.6 Å². The number of hydrogen-bond donors (Lipinski definition) is 0. The Balaban J connectivity index is 1.28. The van der Waals surface area contributed by atoms with E-state index in [1.54, 1.807) is 0 Å². The van der Waals surface area contributed by atoms with E-state index in [-0.39, 0.29) is 39.6 Å². The lowest BCUT2D eigenvalue weighted by molar-refractivity contribution is 0.0649. The van der Waals surface area contributed by atoms with Crippen molar-refractivity contribution in [2.45, 2.75) is 43.4 Å². The molecular weight excluding hydrogens is 464 g/mol. The number of halogens is 3. The minimum Gasteiger partial charge on any atom is -0.461 e. The van der Waals surface area contributed by atoms with Gasteiger partial charge in [-0.15, -0.1) is 0 Å². The summed E-state index contributed by atoms with van der Waals surface area (Å²) in [5.41, 5.74) is 1.40. The summed E-state index contributed by atoms with van der Waals surface area (Å²) in [5.74, 6) is -0.523. The minimum atomic E-state index is -1.01. The zero-order chi connectivity index (χ0) is 23.2. The van der Waals surface area contributed by atoms with Gasteiger partial charge in [0.25, 0.3) is 0 Å². The average Bonchev–Trinajstić information content (AvgIpc) is 3.69. The van der Waals surface area contributed by atoms with Crippen molar-refractivity contribution in [3.05, 3.63) is 29.3 Å². The quantitative estimate of drug-likeness (QED) is 0.480. The lowest BCUT2D eigenvalue weighted by Gasteiger charge is -2.37. The first-order valence-electron chi connectivity index (χ1n) is 12.0. The highest BCUT2D eigenvalue weighted by atomic mass is 35.5. The Kier molecular flexibility index (Phi) is 4.50. The number of ether oxygens (including phenoxy) is 2. The number of rotatable bonds is 4. The monoisotopic (exact) mass is 489 g/mol. The smallest absolute Gasteiger partial charge is 0.319 e.